The van der Waals surface area contributed by atoms with Gasteiger partial charge in [-0.15, -0.1) is 0 Å². The van der Waals surface area contributed by atoms with Crippen molar-refractivity contribution in [2.75, 3.05) is 45.9 Å². The standard InChI is InChI=1S/C26H32N4O3/c31-26(29-9-1-2-21-15-27-10-12-32-21)20-7-8-22-23(16-30-24(22)14-20)18-3-5-19(6-4-18)25-17-28-11-13-33-25/h3-8,14,16,21,25,27-28,30H,1-2,9-13,15,17H2,(H,29,31). The molecular weight excluding hydrogens is 416 g/mol. The largest absolute Gasteiger partial charge is 0.376 e. The zero-order chi connectivity index (χ0) is 22.5. The summed E-state index contributed by atoms with van der Waals surface area (Å²) in [5, 5.41) is 10.9. The van der Waals surface area contributed by atoms with Crippen LogP contribution in [0, 0.1) is 0 Å². The monoisotopic (exact) mass is 448 g/mol. The fourth-order valence-corrected chi connectivity index (χ4v) is 4.60. The Morgan fingerprint density at radius 1 is 1.00 bits per heavy atom. The molecule has 2 unspecified atom stereocenters. The van der Waals surface area contributed by atoms with Crippen LogP contribution in [0.15, 0.2) is 48.7 Å². The number of aromatic nitrogens is 1. The van der Waals surface area contributed by atoms with Gasteiger partial charge in [0, 0.05) is 61.0 Å². The number of H-pyrrole nitrogens is 1. The van der Waals surface area contributed by atoms with Gasteiger partial charge in [-0.2, -0.15) is 0 Å². The first-order valence-electron chi connectivity index (χ1n) is 11.9. The summed E-state index contributed by atoms with van der Waals surface area (Å²) in [5.41, 5.74) is 5.10. The van der Waals surface area contributed by atoms with E-state index < -0.39 is 0 Å². The Bertz CT molecular complexity index is 1070. The summed E-state index contributed by atoms with van der Waals surface area (Å²) >= 11 is 0. The number of hydrogen-bond donors (Lipinski definition) is 4. The van der Waals surface area contributed by atoms with Crippen molar-refractivity contribution in [3.8, 4) is 11.1 Å². The SMILES string of the molecule is O=C(NCCCC1CNCCO1)c1ccc2c(-c3ccc(C4CNCCO4)cc3)c[nH]c2c1. The van der Waals surface area contributed by atoms with Crippen molar-refractivity contribution in [3.05, 3.63) is 59.8 Å². The summed E-state index contributed by atoms with van der Waals surface area (Å²) in [6.07, 6.45) is 4.24. The molecule has 1 aromatic heterocycles. The Hall–Kier alpha value is -2.71. The van der Waals surface area contributed by atoms with Crippen LogP contribution in [0.2, 0.25) is 0 Å². The third-order valence-corrected chi connectivity index (χ3v) is 6.46. The molecule has 2 aliphatic rings. The number of aromatic amines is 1. The number of hydrogen-bond acceptors (Lipinski definition) is 5. The Balaban J connectivity index is 1.20. The van der Waals surface area contributed by atoms with E-state index in [0.717, 1.165) is 74.3 Å². The normalized spacial score (nSPS) is 21.2. The minimum absolute atomic E-state index is 0.0406. The number of ether oxygens (including phenoxy) is 2. The second-order valence-corrected chi connectivity index (χ2v) is 8.74. The first-order chi connectivity index (χ1) is 16.3. The molecule has 1 amide bonds. The average molecular weight is 449 g/mol. The number of fused-ring (bicyclic) bond motifs is 1. The summed E-state index contributed by atoms with van der Waals surface area (Å²) < 4.78 is 11.6. The Kier molecular flexibility index (Phi) is 7.02. The van der Waals surface area contributed by atoms with Crippen LogP contribution in [0.4, 0.5) is 0 Å². The zero-order valence-corrected chi connectivity index (χ0v) is 18.9. The summed E-state index contributed by atoms with van der Waals surface area (Å²) in [6, 6.07) is 14.4. The van der Waals surface area contributed by atoms with Gasteiger partial charge in [0.1, 0.15) is 0 Å². The van der Waals surface area contributed by atoms with Gasteiger partial charge < -0.3 is 30.4 Å². The quantitative estimate of drug-likeness (QED) is 0.418. The molecular formula is C26H32N4O3. The molecule has 3 heterocycles. The molecule has 174 valence electrons. The molecule has 0 radical (unpaired) electrons. The molecule has 4 N–H and O–H groups in total. The van der Waals surface area contributed by atoms with Gasteiger partial charge >= 0.3 is 0 Å². The fourth-order valence-electron chi connectivity index (χ4n) is 4.60. The number of amides is 1. The van der Waals surface area contributed by atoms with Crippen molar-refractivity contribution in [1.29, 1.82) is 0 Å². The van der Waals surface area contributed by atoms with Crippen LogP contribution in [0.25, 0.3) is 22.0 Å². The highest BCUT2D eigenvalue weighted by atomic mass is 16.5. The van der Waals surface area contributed by atoms with Crippen molar-refractivity contribution in [1.82, 2.24) is 20.9 Å². The third kappa shape index (κ3) is 5.28. The molecule has 0 spiro atoms. The number of benzene rings is 2. The maximum atomic E-state index is 12.6. The van der Waals surface area contributed by atoms with Gasteiger partial charge in [-0.3, -0.25) is 4.79 Å². The topological polar surface area (TPSA) is 87.4 Å². The highest BCUT2D eigenvalue weighted by molar-refractivity contribution is 6.01. The van der Waals surface area contributed by atoms with Crippen molar-refractivity contribution in [2.24, 2.45) is 0 Å². The van der Waals surface area contributed by atoms with E-state index in [1.165, 1.54) is 5.56 Å². The Morgan fingerprint density at radius 2 is 1.82 bits per heavy atom. The van der Waals surface area contributed by atoms with Gasteiger partial charge in [0.15, 0.2) is 0 Å². The molecule has 0 bridgehead atoms. The molecule has 33 heavy (non-hydrogen) atoms. The third-order valence-electron chi connectivity index (χ3n) is 6.46. The van der Waals surface area contributed by atoms with Crippen LogP contribution in [-0.2, 0) is 9.47 Å². The van der Waals surface area contributed by atoms with Crippen LogP contribution in [0.5, 0.6) is 0 Å². The molecule has 2 saturated heterocycles. The smallest absolute Gasteiger partial charge is 0.251 e. The van der Waals surface area contributed by atoms with E-state index in [0.29, 0.717) is 12.1 Å². The number of carbonyl (C=O) groups excluding carboxylic acids is 1. The van der Waals surface area contributed by atoms with Crippen LogP contribution in [0.3, 0.4) is 0 Å². The lowest BCUT2D eigenvalue weighted by Crippen LogP contribution is -2.38. The van der Waals surface area contributed by atoms with Gasteiger partial charge in [-0.25, -0.2) is 0 Å². The molecule has 7 heteroatoms. The zero-order valence-electron chi connectivity index (χ0n) is 18.9. The molecule has 5 rings (SSSR count). The summed E-state index contributed by atoms with van der Waals surface area (Å²) in [6.45, 7) is 5.75. The van der Waals surface area contributed by atoms with Crippen LogP contribution in [0.1, 0.15) is 34.9 Å². The number of nitrogens with one attached hydrogen (secondary N) is 4. The molecule has 2 fully saturated rings. The van der Waals surface area contributed by atoms with E-state index in [9.17, 15) is 4.79 Å². The predicted molar refractivity (Wildman–Crippen MR) is 129 cm³/mol. The maximum Gasteiger partial charge on any atom is 0.251 e. The highest BCUT2D eigenvalue weighted by Gasteiger charge is 2.17. The molecule has 7 nitrogen and oxygen atoms in total. The summed E-state index contributed by atoms with van der Waals surface area (Å²) in [7, 11) is 0. The molecule has 0 saturated carbocycles. The lowest BCUT2D eigenvalue weighted by Gasteiger charge is -2.24. The van der Waals surface area contributed by atoms with Crippen molar-refractivity contribution in [2.45, 2.75) is 25.0 Å². The summed E-state index contributed by atoms with van der Waals surface area (Å²) in [5.74, 6) is -0.0406. The first kappa shape index (κ1) is 22.1. The molecule has 3 aromatic rings. The summed E-state index contributed by atoms with van der Waals surface area (Å²) in [4.78, 5) is 16.0. The number of morpholine rings is 2. The lowest BCUT2D eigenvalue weighted by atomic mass is 10.0. The van der Waals surface area contributed by atoms with Crippen LogP contribution >= 0.6 is 0 Å². The van der Waals surface area contributed by atoms with Gasteiger partial charge in [0.05, 0.1) is 25.4 Å². The molecule has 2 atom stereocenters. The van der Waals surface area contributed by atoms with E-state index in [-0.39, 0.29) is 18.1 Å². The van der Waals surface area contributed by atoms with E-state index in [1.807, 2.05) is 24.4 Å². The van der Waals surface area contributed by atoms with E-state index >= 15 is 0 Å². The molecule has 0 aliphatic carbocycles. The van der Waals surface area contributed by atoms with Crippen LogP contribution in [-0.4, -0.2) is 62.9 Å². The van der Waals surface area contributed by atoms with E-state index in [1.54, 1.807) is 0 Å². The van der Waals surface area contributed by atoms with E-state index in [4.69, 9.17) is 9.47 Å². The van der Waals surface area contributed by atoms with Crippen molar-refractivity contribution < 1.29 is 14.3 Å². The fraction of sp³-hybridized carbons (Fsp3) is 0.423. The maximum absolute atomic E-state index is 12.6. The number of carbonyl (C=O) groups is 1. The first-order valence-corrected chi connectivity index (χ1v) is 11.9. The Morgan fingerprint density at radius 3 is 2.58 bits per heavy atom. The number of rotatable bonds is 7. The molecule has 2 aliphatic heterocycles. The van der Waals surface area contributed by atoms with Crippen LogP contribution < -0.4 is 16.0 Å². The van der Waals surface area contributed by atoms with Crippen molar-refractivity contribution in [3.63, 3.8) is 0 Å². The lowest BCUT2D eigenvalue weighted by molar-refractivity contribution is 0.0225. The van der Waals surface area contributed by atoms with Gasteiger partial charge in [0.25, 0.3) is 5.91 Å². The minimum atomic E-state index is -0.0406. The predicted octanol–water partition coefficient (Wildman–Crippen LogP) is 2.99. The van der Waals surface area contributed by atoms with Gasteiger partial charge in [-0.1, -0.05) is 30.3 Å². The highest BCUT2D eigenvalue weighted by Crippen LogP contribution is 2.30. The Labute approximate surface area is 194 Å². The van der Waals surface area contributed by atoms with E-state index in [2.05, 4.69) is 45.2 Å². The average Bonchev–Trinajstić information content (AvgIpc) is 3.31. The minimum Gasteiger partial charge on any atom is -0.376 e. The second-order valence-electron chi connectivity index (χ2n) is 8.74. The van der Waals surface area contributed by atoms with Gasteiger partial charge in [-0.05, 0) is 36.1 Å². The van der Waals surface area contributed by atoms with Crippen molar-refractivity contribution >= 4 is 16.8 Å². The van der Waals surface area contributed by atoms with Gasteiger partial charge in [0.2, 0.25) is 0 Å². The second kappa shape index (κ2) is 10.5. The molecule has 2 aromatic carbocycles.